The van der Waals surface area contributed by atoms with E-state index in [2.05, 4.69) is 24.5 Å². The SMILES string of the molecule is C=C(Cc1ccccc1)N=C(OC)c1c(C(=O)OCC)c2c(-c3ccccc3)cc(N3CCOCC3)nn2c1CCC. The summed E-state index contributed by atoms with van der Waals surface area (Å²) in [6.45, 7) is 11.1. The van der Waals surface area contributed by atoms with Gasteiger partial charge in [0.15, 0.2) is 0 Å². The van der Waals surface area contributed by atoms with Crippen LogP contribution in [0.3, 0.4) is 0 Å². The van der Waals surface area contributed by atoms with E-state index in [0.717, 1.165) is 47.7 Å². The average molecular weight is 567 g/mol. The molecule has 1 fully saturated rings. The van der Waals surface area contributed by atoms with Crippen LogP contribution in [-0.4, -0.2) is 61.5 Å². The molecule has 42 heavy (non-hydrogen) atoms. The molecule has 0 radical (unpaired) electrons. The maximum Gasteiger partial charge on any atom is 0.341 e. The number of nitrogens with zero attached hydrogens (tertiary/aromatic N) is 4. The Hall–Kier alpha value is -4.43. The van der Waals surface area contributed by atoms with Gasteiger partial charge in [-0.05, 0) is 30.5 Å². The fourth-order valence-corrected chi connectivity index (χ4v) is 5.40. The van der Waals surface area contributed by atoms with E-state index < -0.39 is 5.97 Å². The highest BCUT2D eigenvalue weighted by Gasteiger charge is 2.32. The van der Waals surface area contributed by atoms with Gasteiger partial charge in [0.25, 0.3) is 0 Å². The first-order valence-corrected chi connectivity index (χ1v) is 14.5. The third-order valence-electron chi connectivity index (χ3n) is 7.28. The molecule has 1 aliphatic rings. The highest BCUT2D eigenvalue weighted by Crippen LogP contribution is 2.36. The topological polar surface area (TPSA) is 77.7 Å². The zero-order chi connectivity index (χ0) is 29.5. The van der Waals surface area contributed by atoms with Crippen LogP contribution in [0.2, 0.25) is 0 Å². The molecule has 1 saturated heterocycles. The molecule has 218 valence electrons. The van der Waals surface area contributed by atoms with E-state index in [1.807, 2.05) is 72.1 Å². The number of ether oxygens (including phenoxy) is 3. The van der Waals surface area contributed by atoms with Crippen molar-refractivity contribution in [2.75, 3.05) is 44.9 Å². The fraction of sp³-hybridized carbons (Fsp3) is 0.324. The molecule has 5 rings (SSSR count). The van der Waals surface area contributed by atoms with Crippen LogP contribution in [0.25, 0.3) is 16.6 Å². The van der Waals surface area contributed by atoms with Crippen LogP contribution in [0.1, 0.15) is 47.4 Å². The number of aliphatic imine (C=N–C) groups is 1. The second kappa shape index (κ2) is 13.5. The summed E-state index contributed by atoms with van der Waals surface area (Å²) in [5.74, 6) is 0.701. The highest BCUT2D eigenvalue weighted by atomic mass is 16.5. The number of allylic oxidation sites excluding steroid dienone is 1. The molecule has 2 aromatic carbocycles. The Bertz CT molecular complexity index is 1570. The number of hydrogen-bond donors (Lipinski definition) is 0. The number of carbonyl (C=O) groups excluding carboxylic acids is 1. The highest BCUT2D eigenvalue weighted by molar-refractivity contribution is 6.13. The summed E-state index contributed by atoms with van der Waals surface area (Å²) >= 11 is 0. The largest absolute Gasteiger partial charge is 0.480 e. The Morgan fingerprint density at radius 3 is 2.36 bits per heavy atom. The Kier molecular flexibility index (Phi) is 9.34. The molecular weight excluding hydrogens is 528 g/mol. The van der Waals surface area contributed by atoms with E-state index in [1.165, 1.54) is 0 Å². The molecule has 8 nitrogen and oxygen atoms in total. The van der Waals surface area contributed by atoms with Crippen molar-refractivity contribution in [1.82, 2.24) is 9.61 Å². The van der Waals surface area contributed by atoms with Gasteiger partial charge in [-0.2, -0.15) is 0 Å². The van der Waals surface area contributed by atoms with Crippen LogP contribution in [0.4, 0.5) is 5.82 Å². The second-order valence-electron chi connectivity index (χ2n) is 10.2. The third-order valence-corrected chi connectivity index (χ3v) is 7.28. The van der Waals surface area contributed by atoms with Crippen molar-refractivity contribution in [2.45, 2.75) is 33.1 Å². The van der Waals surface area contributed by atoms with Crippen molar-refractivity contribution in [3.63, 3.8) is 0 Å². The number of anilines is 1. The molecule has 0 N–H and O–H groups in total. The zero-order valence-corrected chi connectivity index (χ0v) is 24.6. The Morgan fingerprint density at radius 2 is 1.71 bits per heavy atom. The van der Waals surface area contributed by atoms with Crippen molar-refractivity contribution >= 4 is 23.2 Å². The molecule has 0 unspecified atom stereocenters. The van der Waals surface area contributed by atoms with Gasteiger partial charge < -0.3 is 19.1 Å². The summed E-state index contributed by atoms with van der Waals surface area (Å²) in [5, 5.41) is 5.14. The van der Waals surface area contributed by atoms with Crippen LogP contribution in [0.15, 0.2) is 84.0 Å². The number of benzene rings is 2. The lowest BCUT2D eigenvalue weighted by molar-refractivity contribution is 0.0528. The number of esters is 1. The number of carbonyl (C=O) groups is 1. The first kappa shape index (κ1) is 29.1. The molecule has 1 aliphatic heterocycles. The Labute approximate surface area is 247 Å². The average Bonchev–Trinajstić information content (AvgIpc) is 3.35. The Balaban J connectivity index is 1.80. The number of fused-ring (bicyclic) bond motifs is 1. The minimum absolute atomic E-state index is 0.235. The molecule has 3 heterocycles. The fourth-order valence-electron chi connectivity index (χ4n) is 5.40. The lowest BCUT2D eigenvalue weighted by Gasteiger charge is -2.28. The molecule has 0 saturated carbocycles. The molecule has 0 bridgehead atoms. The number of morpholine rings is 1. The Morgan fingerprint density at radius 1 is 1.02 bits per heavy atom. The first-order valence-electron chi connectivity index (χ1n) is 14.5. The predicted octanol–water partition coefficient (Wildman–Crippen LogP) is 6.12. The molecule has 0 spiro atoms. The molecular formula is C34H38N4O4. The summed E-state index contributed by atoms with van der Waals surface area (Å²) in [4.78, 5) is 20.9. The summed E-state index contributed by atoms with van der Waals surface area (Å²) in [7, 11) is 1.58. The van der Waals surface area contributed by atoms with E-state index >= 15 is 0 Å². The lowest BCUT2D eigenvalue weighted by Crippen LogP contribution is -2.37. The van der Waals surface area contributed by atoms with Crippen LogP contribution in [-0.2, 0) is 27.1 Å². The number of aryl methyl sites for hydroxylation is 1. The number of hydrogen-bond acceptors (Lipinski definition) is 7. The van der Waals surface area contributed by atoms with E-state index in [0.29, 0.717) is 54.3 Å². The molecule has 0 atom stereocenters. The van der Waals surface area contributed by atoms with E-state index in [4.69, 9.17) is 24.3 Å². The van der Waals surface area contributed by atoms with Crippen molar-refractivity contribution in [3.8, 4) is 11.1 Å². The van der Waals surface area contributed by atoms with Crippen LogP contribution >= 0.6 is 0 Å². The smallest absolute Gasteiger partial charge is 0.341 e. The number of rotatable bonds is 10. The molecule has 4 aromatic rings. The van der Waals surface area contributed by atoms with Crippen LogP contribution in [0.5, 0.6) is 0 Å². The van der Waals surface area contributed by atoms with Gasteiger partial charge in [-0.25, -0.2) is 14.3 Å². The van der Waals surface area contributed by atoms with Gasteiger partial charge in [0.05, 0.1) is 43.7 Å². The summed E-state index contributed by atoms with van der Waals surface area (Å²) in [5.41, 5.74) is 6.08. The van der Waals surface area contributed by atoms with Gasteiger partial charge in [-0.3, -0.25) is 0 Å². The number of methoxy groups -OCH3 is 1. The predicted molar refractivity (Wildman–Crippen MR) is 166 cm³/mol. The quantitative estimate of drug-likeness (QED) is 0.131. The molecule has 8 heteroatoms. The van der Waals surface area contributed by atoms with Gasteiger partial charge in [0.2, 0.25) is 5.90 Å². The lowest BCUT2D eigenvalue weighted by atomic mass is 10.0. The van der Waals surface area contributed by atoms with Crippen LogP contribution in [0, 0.1) is 0 Å². The normalized spacial score (nSPS) is 13.8. The van der Waals surface area contributed by atoms with Crippen molar-refractivity contribution < 1.29 is 19.0 Å². The van der Waals surface area contributed by atoms with Gasteiger partial charge >= 0.3 is 5.97 Å². The molecule has 0 aliphatic carbocycles. The van der Waals surface area contributed by atoms with Gasteiger partial charge in [-0.1, -0.05) is 80.6 Å². The summed E-state index contributed by atoms with van der Waals surface area (Å²) in [6, 6.07) is 22.2. The number of aromatic nitrogens is 2. The molecule has 2 aromatic heterocycles. The van der Waals surface area contributed by atoms with Gasteiger partial charge in [0.1, 0.15) is 11.4 Å². The van der Waals surface area contributed by atoms with Crippen LogP contribution < -0.4 is 4.90 Å². The van der Waals surface area contributed by atoms with Crippen molar-refractivity contribution in [3.05, 3.63) is 101 Å². The van der Waals surface area contributed by atoms with E-state index in [1.54, 1.807) is 7.11 Å². The van der Waals surface area contributed by atoms with Crippen molar-refractivity contribution in [1.29, 1.82) is 0 Å². The van der Waals surface area contributed by atoms with Gasteiger partial charge in [-0.15, -0.1) is 5.10 Å². The maximum absolute atomic E-state index is 13.8. The van der Waals surface area contributed by atoms with Gasteiger partial charge in [0, 0.05) is 30.8 Å². The summed E-state index contributed by atoms with van der Waals surface area (Å²) in [6.07, 6.45) is 2.03. The zero-order valence-electron chi connectivity index (χ0n) is 24.6. The minimum Gasteiger partial charge on any atom is -0.480 e. The second-order valence-corrected chi connectivity index (χ2v) is 10.2. The standard InChI is InChI=1S/C34H38N4O4/c1-5-13-28-30(33(40-4)35-24(3)22-25-14-9-7-10-15-25)31(34(39)42-6-2)32-27(26-16-11-8-12-17-26)23-29(36-38(28)32)37-18-20-41-21-19-37/h7-12,14-17,23H,3,5-6,13,18-22H2,1-2,4H3. The minimum atomic E-state index is -0.441. The maximum atomic E-state index is 13.8. The monoisotopic (exact) mass is 566 g/mol. The molecule has 0 amide bonds. The van der Waals surface area contributed by atoms with E-state index in [9.17, 15) is 4.79 Å². The van der Waals surface area contributed by atoms with Crippen molar-refractivity contribution in [2.24, 2.45) is 4.99 Å². The first-order chi connectivity index (χ1) is 20.5. The van der Waals surface area contributed by atoms with E-state index in [-0.39, 0.29) is 6.61 Å². The third kappa shape index (κ3) is 6.09. The summed E-state index contributed by atoms with van der Waals surface area (Å²) < 4.78 is 19.1.